The fourth-order valence-corrected chi connectivity index (χ4v) is 3.67. The third-order valence-corrected chi connectivity index (χ3v) is 5.32. The van der Waals surface area contributed by atoms with Crippen LogP contribution in [0.2, 0.25) is 0 Å². The number of thioether (sulfide) groups is 2. The SMILES string of the molecule is CSc1nnc(SC(C(=O)NN)C(C)C)s1. The predicted molar refractivity (Wildman–Crippen MR) is 68.5 cm³/mol. The van der Waals surface area contributed by atoms with Gasteiger partial charge in [-0.2, -0.15) is 0 Å². The Hall–Kier alpha value is -0.310. The molecule has 0 saturated heterocycles. The van der Waals surface area contributed by atoms with E-state index < -0.39 is 0 Å². The highest BCUT2D eigenvalue weighted by molar-refractivity contribution is 8.03. The Bertz CT molecular complexity index is 355. The number of carbonyl (C=O) groups is 1. The van der Waals surface area contributed by atoms with Crippen LogP contribution in [0, 0.1) is 5.92 Å². The lowest BCUT2D eigenvalue weighted by Gasteiger charge is -2.16. The van der Waals surface area contributed by atoms with E-state index in [9.17, 15) is 4.79 Å². The topological polar surface area (TPSA) is 80.9 Å². The maximum absolute atomic E-state index is 11.5. The number of nitrogens with two attached hydrogens (primary N) is 1. The van der Waals surface area contributed by atoms with Crippen LogP contribution in [0.3, 0.4) is 0 Å². The van der Waals surface area contributed by atoms with E-state index in [2.05, 4.69) is 15.6 Å². The second kappa shape index (κ2) is 6.43. The zero-order valence-corrected chi connectivity index (χ0v) is 11.7. The van der Waals surface area contributed by atoms with Crippen LogP contribution in [0.25, 0.3) is 0 Å². The van der Waals surface area contributed by atoms with E-state index in [1.165, 1.54) is 23.1 Å². The second-order valence-corrected chi connectivity index (χ2v) is 6.75. The van der Waals surface area contributed by atoms with Crippen LogP contribution < -0.4 is 11.3 Å². The number of nitrogens with zero attached hydrogens (tertiary/aromatic N) is 2. The van der Waals surface area contributed by atoms with Crippen molar-refractivity contribution in [1.29, 1.82) is 0 Å². The minimum atomic E-state index is -0.229. The summed E-state index contributed by atoms with van der Waals surface area (Å²) in [4.78, 5) is 11.5. The molecule has 5 nitrogen and oxygen atoms in total. The lowest BCUT2D eigenvalue weighted by molar-refractivity contribution is -0.121. The minimum Gasteiger partial charge on any atom is -0.293 e. The number of hydrogen-bond acceptors (Lipinski definition) is 7. The van der Waals surface area contributed by atoms with Gasteiger partial charge < -0.3 is 0 Å². The Kier molecular flexibility index (Phi) is 5.53. The fourth-order valence-electron chi connectivity index (χ4n) is 1.01. The summed E-state index contributed by atoms with van der Waals surface area (Å²) in [6.07, 6.45) is 1.95. The third kappa shape index (κ3) is 3.62. The number of aromatic nitrogens is 2. The summed E-state index contributed by atoms with van der Waals surface area (Å²) in [5.74, 6) is 5.16. The van der Waals surface area contributed by atoms with Gasteiger partial charge >= 0.3 is 0 Å². The molecule has 16 heavy (non-hydrogen) atoms. The van der Waals surface area contributed by atoms with Crippen molar-refractivity contribution in [2.24, 2.45) is 11.8 Å². The van der Waals surface area contributed by atoms with Gasteiger partial charge in [0.25, 0.3) is 0 Å². The Morgan fingerprint density at radius 3 is 2.50 bits per heavy atom. The molecular weight excluding hydrogens is 264 g/mol. The maximum atomic E-state index is 11.5. The van der Waals surface area contributed by atoms with Gasteiger partial charge in [0.15, 0.2) is 8.68 Å². The number of nitrogens with one attached hydrogen (secondary N) is 1. The summed E-state index contributed by atoms with van der Waals surface area (Å²) in [5, 5.41) is 7.77. The van der Waals surface area contributed by atoms with Gasteiger partial charge in [0, 0.05) is 0 Å². The van der Waals surface area contributed by atoms with Gasteiger partial charge in [-0.15, -0.1) is 10.2 Å². The molecule has 0 aliphatic heterocycles. The first-order valence-electron chi connectivity index (χ1n) is 4.63. The Balaban J connectivity index is 2.71. The lowest BCUT2D eigenvalue weighted by atomic mass is 10.1. The molecule has 1 atom stereocenters. The molecule has 0 radical (unpaired) electrons. The van der Waals surface area contributed by atoms with Gasteiger partial charge in [-0.05, 0) is 12.2 Å². The third-order valence-electron chi connectivity index (χ3n) is 1.80. The van der Waals surface area contributed by atoms with E-state index in [1.54, 1.807) is 11.8 Å². The first-order valence-corrected chi connectivity index (χ1v) is 7.55. The van der Waals surface area contributed by atoms with E-state index in [0.29, 0.717) is 0 Å². The van der Waals surface area contributed by atoms with Crippen molar-refractivity contribution in [2.75, 3.05) is 6.26 Å². The quantitative estimate of drug-likeness (QED) is 0.366. The van der Waals surface area contributed by atoms with Gasteiger partial charge in [0.05, 0.1) is 5.25 Å². The van der Waals surface area contributed by atoms with Crippen LogP contribution in [0.5, 0.6) is 0 Å². The van der Waals surface area contributed by atoms with Gasteiger partial charge in [-0.25, -0.2) is 5.84 Å². The van der Waals surface area contributed by atoms with Crippen LogP contribution in [0.4, 0.5) is 0 Å². The highest BCUT2D eigenvalue weighted by Gasteiger charge is 2.24. The fraction of sp³-hybridized carbons (Fsp3) is 0.625. The van der Waals surface area contributed by atoms with Crippen molar-refractivity contribution < 1.29 is 4.79 Å². The number of amides is 1. The zero-order valence-electron chi connectivity index (χ0n) is 9.26. The highest BCUT2D eigenvalue weighted by atomic mass is 32.2. The molecule has 8 heteroatoms. The average molecular weight is 278 g/mol. The molecule has 1 aromatic heterocycles. The summed E-state index contributed by atoms with van der Waals surface area (Å²) in [6.45, 7) is 3.95. The molecule has 0 aliphatic rings. The predicted octanol–water partition coefficient (Wildman–Crippen LogP) is 1.37. The number of hydrogen-bond donors (Lipinski definition) is 2. The standard InChI is InChI=1S/C8H14N4OS3/c1-4(2)5(6(13)10-9)15-8-12-11-7(14-3)16-8/h4-5H,9H2,1-3H3,(H,10,13). The molecule has 0 fully saturated rings. The zero-order chi connectivity index (χ0) is 12.1. The first kappa shape index (κ1) is 13.8. The molecule has 1 unspecified atom stereocenters. The normalized spacial score (nSPS) is 12.8. The average Bonchev–Trinajstić information content (AvgIpc) is 2.72. The van der Waals surface area contributed by atoms with Crippen LogP contribution in [0.15, 0.2) is 8.68 Å². The van der Waals surface area contributed by atoms with Crippen LogP contribution in [-0.4, -0.2) is 27.6 Å². The molecular formula is C8H14N4OS3. The van der Waals surface area contributed by atoms with Gasteiger partial charge in [0.1, 0.15) is 0 Å². The minimum absolute atomic E-state index is 0.180. The molecule has 1 aromatic rings. The summed E-state index contributed by atoms with van der Waals surface area (Å²) in [6, 6.07) is 0. The smallest absolute Gasteiger partial charge is 0.247 e. The van der Waals surface area contributed by atoms with Gasteiger partial charge in [-0.3, -0.25) is 10.2 Å². The van der Waals surface area contributed by atoms with Crippen molar-refractivity contribution >= 4 is 40.8 Å². The summed E-state index contributed by atoms with van der Waals surface area (Å²) in [5.41, 5.74) is 2.18. The van der Waals surface area contributed by atoms with Crippen LogP contribution in [-0.2, 0) is 4.79 Å². The Labute approximate surface area is 107 Å². The van der Waals surface area contributed by atoms with Gasteiger partial charge in [-0.1, -0.05) is 48.7 Å². The molecule has 0 spiro atoms. The van der Waals surface area contributed by atoms with E-state index in [1.807, 2.05) is 20.1 Å². The van der Waals surface area contributed by atoms with Crippen molar-refractivity contribution in [2.45, 2.75) is 27.8 Å². The number of hydrazine groups is 1. The van der Waals surface area contributed by atoms with Crippen LogP contribution >= 0.6 is 34.9 Å². The molecule has 0 bridgehead atoms. The number of rotatable bonds is 5. The molecule has 1 heterocycles. The Morgan fingerprint density at radius 2 is 2.06 bits per heavy atom. The molecule has 0 saturated carbocycles. The van der Waals surface area contributed by atoms with Crippen LogP contribution in [0.1, 0.15) is 13.8 Å². The molecule has 1 rings (SSSR count). The summed E-state index contributed by atoms with van der Waals surface area (Å²) < 4.78 is 1.70. The molecule has 0 aromatic carbocycles. The van der Waals surface area contributed by atoms with Crippen molar-refractivity contribution in [3.63, 3.8) is 0 Å². The second-order valence-electron chi connectivity index (χ2n) is 3.33. The number of carbonyl (C=O) groups excluding carboxylic acids is 1. The molecule has 90 valence electrons. The summed E-state index contributed by atoms with van der Waals surface area (Å²) in [7, 11) is 0. The van der Waals surface area contributed by atoms with E-state index in [4.69, 9.17) is 5.84 Å². The summed E-state index contributed by atoms with van der Waals surface area (Å²) >= 11 is 4.44. The van der Waals surface area contributed by atoms with Crippen molar-refractivity contribution in [3.05, 3.63) is 0 Å². The largest absolute Gasteiger partial charge is 0.293 e. The van der Waals surface area contributed by atoms with E-state index in [-0.39, 0.29) is 17.1 Å². The molecule has 0 aliphatic carbocycles. The highest BCUT2D eigenvalue weighted by Crippen LogP contribution is 2.32. The van der Waals surface area contributed by atoms with Crippen molar-refractivity contribution in [3.8, 4) is 0 Å². The Morgan fingerprint density at radius 1 is 1.44 bits per heavy atom. The van der Waals surface area contributed by atoms with E-state index in [0.717, 1.165) is 8.68 Å². The lowest BCUT2D eigenvalue weighted by Crippen LogP contribution is -2.39. The van der Waals surface area contributed by atoms with Gasteiger partial charge in [0.2, 0.25) is 5.91 Å². The maximum Gasteiger partial charge on any atom is 0.247 e. The monoisotopic (exact) mass is 278 g/mol. The van der Waals surface area contributed by atoms with E-state index >= 15 is 0 Å². The first-order chi connectivity index (χ1) is 7.58. The molecule has 1 amide bonds. The van der Waals surface area contributed by atoms with Crippen molar-refractivity contribution in [1.82, 2.24) is 15.6 Å². The molecule has 3 N–H and O–H groups in total.